The Morgan fingerprint density at radius 1 is 1.00 bits per heavy atom. The summed E-state index contributed by atoms with van der Waals surface area (Å²) in [6.07, 6.45) is 0. The summed E-state index contributed by atoms with van der Waals surface area (Å²) >= 11 is 11.8. The molecule has 0 saturated carbocycles. The summed E-state index contributed by atoms with van der Waals surface area (Å²) < 4.78 is 44.5. The van der Waals surface area contributed by atoms with Gasteiger partial charge in [0, 0.05) is 22.5 Å². The second kappa shape index (κ2) is 11.1. The van der Waals surface area contributed by atoms with Crippen molar-refractivity contribution in [1.29, 1.82) is 0 Å². The van der Waals surface area contributed by atoms with Crippen LogP contribution in [0.25, 0.3) is 0 Å². The molecule has 0 bridgehead atoms. The van der Waals surface area contributed by atoms with Gasteiger partial charge in [0.15, 0.2) is 11.5 Å². The van der Waals surface area contributed by atoms with Crippen LogP contribution in [0.5, 0.6) is 17.2 Å². The van der Waals surface area contributed by atoms with E-state index < -0.39 is 10.4 Å². The van der Waals surface area contributed by atoms with Crippen molar-refractivity contribution >= 4 is 45.2 Å². The number of aromatic hydroxyl groups is 1. The lowest BCUT2D eigenvalue weighted by molar-refractivity contribution is -0.943. The fourth-order valence-electron chi connectivity index (χ4n) is 3.27. The largest absolute Gasteiger partial charge is 0.759 e. The van der Waals surface area contributed by atoms with Gasteiger partial charge in [0.2, 0.25) is 5.75 Å². The number of ether oxygens (including phenoxy) is 2. The van der Waals surface area contributed by atoms with E-state index in [-0.39, 0.29) is 22.0 Å². The van der Waals surface area contributed by atoms with Gasteiger partial charge in [0.1, 0.15) is 42.2 Å². The predicted octanol–water partition coefficient (Wildman–Crippen LogP) is -0.971. The predicted molar refractivity (Wildman–Crippen MR) is 111 cm³/mol. The average molecular weight is 510 g/mol. The molecule has 14 heteroatoms. The zero-order valence-corrected chi connectivity index (χ0v) is 19.4. The Balaban J connectivity index is 0.000000654. The molecule has 176 valence electrons. The number of piperazine rings is 1. The number of rotatable bonds is 4. The van der Waals surface area contributed by atoms with Crippen molar-refractivity contribution in [3.63, 3.8) is 0 Å². The molecule has 1 aliphatic heterocycles. The number of benzene rings is 1. The Hall–Kier alpha value is -2.19. The van der Waals surface area contributed by atoms with E-state index in [9.17, 15) is 9.90 Å². The number of carbonyl (C=O) groups is 1. The molecule has 0 radical (unpaired) electrons. The molecule has 2 heterocycles. The molecule has 0 unspecified atom stereocenters. The normalized spacial score (nSPS) is 18.3. The fourth-order valence-corrected chi connectivity index (χ4v) is 3.73. The SMILES string of the molecule is COc1cc([NH+]2CC[NH+](C(=O)c3cc(Cl)nc(Cl)c3)CC2)cc(OC)c1O.O=S(=O)([O-])[O-]. The lowest BCUT2D eigenvalue weighted by Gasteiger charge is -2.28. The van der Waals surface area contributed by atoms with Gasteiger partial charge < -0.3 is 23.7 Å². The first-order valence-corrected chi connectivity index (χ1v) is 11.2. The van der Waals surface area contributed by atoms with Crippen molar-refractivity contribution in [2.24, 2.45) is 0 Å². The Morgan fingerprint density at radius 2 is 1.44 bits per heavy atom. The van der Waals surface area contributed by atoms with Gasteiger partial charge in [-0.3, -0.25) is 18.2 Å². The van der Waals surface area contributed by atoms with Crippen molar-refractivity contribution in [2.75, 3.05) is 40.4 Å². The van der Waals surface area contributed by atoms with Crippen LogP contribution in [0, 0.1) is 0 Å². The molecule has 1 saturated heterocycles. The molecular weight excluding hydrogens is 489 g/mol. The van der Waals surface area contributed by atoms with E-state index in [1.54, 1.807) is 12.1 Å². The highest BCUT2D eigenvalue weighted by atomic mass is 35.5. The molecule has 0 spiro atoms. The Bertz CT molecular complexity index is 1020. The number of carbonyl (C=O) groups excluding carboxylic acids is 1. The quantitative estimate of drug-likeness (QED) is 0.204. The van der Waals surface area contributed by atoms with Crippen LogP contribution in [-0.2, 0) is 10.4 Å². The Kier molecular flexibility index (Phi) is 9.04. The lowest BCUT2D eigenvalue weighted by Crippen LogP contribution is -3.27. The van der Waals surface area contributed by atoms with Crippen LogP contribution in [0.4, 0.5) is 5.69 Å². The van der Waals surface area contributed by atoms with Gasteiger partial charge in [-0.05, 0) is 12.1 Å². The molecular formula is C18H21Cl2N3O8S. The number of methoxy groups -OCH3 is 2. The molecule has 3 rings (SSSR count). The lowest BCUT2D eigenvalue weighted by atomic mass is 10.2. The number of aromatic nitrogens is 1. The monoisotopic (exact) mass is 509 g/mol. The summed E-state index contributed by atoms with van der Waals surface area (Å²) in [4.78, 5) is 18.6. The van der Waals surface area contributed by atoms with E-state index in [0.717, 1.165) is 23.7 Å². The second-order valence-electron chi connectivity index (χ2n) is 6.68. The van der Waals surface area contributed by atoms with Crippen molar-refractivity contribution < 1.29 is 46.7 Å². The maximum absolute atomic E-state index is 12.7. The van der Waals surface area contributed by atoms with Gasteiger partial charge in [-0.15, -0.1) is 0 Å². The molecule has 1 amide bonds. The van der Waals surface area contributed by atoms with E-state index in [4.69, 9.17) is 50.2 Å². The minimum atomic E-state index is -5.17. The standard InChI is InChI=1S/C18H19Cl2N3O4.H2O4S/c1-26-13-9-12(10-14(27-2)17(13)24)22-3-5-23(6-4-22)18(25)11-7-15(19)21-16(20)8-11;1-5(2,3)4/h7-10,24H,3-6H2,1-2H3;(H2,1,2,3,4). The molecule has 1 aromatic carbocycles. The maximum atomic E-state index is 12.7. The van der Waals surface area contributed by atoms with Gasteiger partial charge in [0.25, 0.3) is 0 Å². The van der Waals surface area contributed by atoms with Crippen LogP contribution in [0.15, 0.2) is 24.3 Å². The number of nitrogens with zero attached hydrogens (tertiary/aromatic N) is 1. The molecule has 11 nitrogen and oxygen atoms in total. The van der Waals surface area contributed by atoms with Gasteiger partial charge in [-0.2, -0.15) is 0 Å². The number of quaternary nitrogens is 2. The van der Waals surface area contributed by atoms with Gasteiger partial charge >= 0.3 is 5.91 Å². The smallest absolute Gasteiger partial charge is 0.344 e. The molecule has 0 aliphatic carbocycles. The Morgan fingerprint density at radius 3 is 1.84 bits per heavy atom. The zero-order valence-electron chi connectivity index (χ0n) is 17.1. The third-order valence-corrected chi connectivity index (χ3v) is 5.08. The first-order chi connectivity index (χ1) is 14.9. The number of nitrogens with one attached hydrogen (secondary N) is 2. The first kappa shape index (κ1) is 26.1. The van der Waals surface area contributed by atoms with Crippen LogP contribution in [-0.4, -0.2) is 73.9 Å². The first-order valence-electron chi connectivity index (χ1n) is 9.12. The van der Waals surface area contributed by atoms with E-state index in [1.807, 2.05) is 0 Å². The summed E-state index contributed by atoms with van der Waals surface area (Å²) in [7, 11) is -2.17. The van der Waals surface area contributed by atoms with Crippen molar-refractivity contribution in [3.8, 4) is 17.2 Å². The number of pyridine rings is 1. The number of phenols is 1. The summed E-state index contributed by atoms with van der Waals surface area (Å²) in [5.74, 6) is 0.669. The van der Waals surface area contributed by atoms with E-state index >= 15 is 0 Å². The van der Waals surface area contributed by atoms with Crippen molar-refractivity contribution in [3.05, 3.63) is 40.1 Å². The number of halogens is 2. The minimum absolute atomic E-state index is 0.0194. The number of amides is 1. The van der Waals surface area contributed by atoms with Gasteiger partial charge in [-0.25, -0.2) is 9.78 Å². The highest BCUT2D eigenvalue weighted by molar-refractivity contribution is 7.79. The molecule has 32 heavy (non-hydrogen) atoms. The summed E-state index contributed by atoms with van der Waals surface area (Å²) in [5, 5.41) is 10.5. The zero-order chi connectivity index (χ0) is 24.1. The Labute approximate surface area is 194 Å². The third kappa shape index (κ3) is 7.45. The number of hydrogen-bond acceptors (Lipinski definition) is 9. The van der Waals surface area contributed by atoms with E-state index in [2.05, 4.69) is 4.98 Å². The van der Waals surface area contributed by atoms with Crippen LogP contribution < -0.4 is 19.3 Å². The molecule has 2 aromatic rings. The average Bonchev–Trinajstić information content (AvgIpc) is 2.71. The van der Waals surface area contributed by atoms with Gasteiger partial charge in [0.05, 0.1) is 19.8 Å². The topological polar surface area (TPSA) is 158 Å². The van der Waals surface area contributed by atoms with Gasteiger partial charge in [-0.1, -0.05) is 23.2 Å². The summed E-state index contributed by atoms with van der Waals surface area (Å²) in [6.45, 7) is 2.78. The second-order valence-corrected chi connectivity index (χ2v) is 8.27. The van der Waals surface area contributed by atoms with Crippen LogP contribution in [0.2, 0.25) is 10.3 Å². The molecule has 1 fully saturated rings. The van der Waals surface area contributed by atoms with E-state index in [0.29, 0.717) is 30.2 Å². The summed E-state index contributed by atoms with van der Waals surface area (Å²) in [6, 6.07) is 6.67. The summed E-state index contributed by atoms with van der Waals surface area (Å²) in [5.41, 5.74) is 1.41. The number of phenolic OH excluding ortho intramolecular Hbond substituents is 1. The molecule has 3 N–H and O–H groups in total. The molecule has 0 atom stereocenters. The third-order valence-electron chi connectivity index (χ3n) is 4.69. The fraction of sp³-hybridized carbons (Fsp3) is 0.333. The van der Waals surface area contributed by atoms with Crippen LogP contribution in [0.1, 0.15) is 10.4 Å². The molecule has 1 aliphatic rings. The van der Waals surface area contributed by atoms with Crippen LogP contribution >= 0.6 is 23.2 Å². The highest BCUT2D eigenvalue weighted by Gasteiger charge is 2.31. The van der Waals surface area contributed by atoms with Crippen molar-refractivity contribution in [1.82, 2.24) is 4.98 Å². The maximum Gasteiger partial charge on any atom is 0.344 e. The van der Waals surface area contributed by atoms with Crippen molar-refractivity contribution in [2.45, 2.75) is 0 Å². The molecule has 1 aromatic heterocycles. The van der Waals surface area contributed by atoms with Crippen LogP contribution in [0.3, 0.4) is 0 Å². The number of hydrogen-bond donors (Lipinski definition) is 3. The minimum Gasteiger partial charge on any atom is -0.759 e. The van der Waals surface area contributed by atoms with E-state index in [1.165, 1.54) is 31.3 Å². The highest BCUT2D eigenvalue weighted by Crippen LogP contribution is 2.37.